The van der Waals surface area contributed by atoms with E-state index in [-0.39, 0.29) is 22.4 Å². The maximum Gasteiger partial charge on any atom is 0.258 e. The van der Waals surface area contributed by atoms with E-state index in [0.717, 1.165) is 31.5 Å². The molecule has 0 aromatic heterocycles. The molecule has 0 radical (unpaired) electrons. The lowest BCUT2D eigenvalue weighted by atomic mass is 10.0. The molecule has 2 aliphatic heterocycles. The van der Waals surface area contributed by atoms with Crippen LogP contribution in [0.25, 0.3) is 0 Å². The zero-order valence-electron chi connectivity index (χ0n) is 20.7. The topological polar surface area (TPSA) is 52.7 Å². The van der Waals surface area contributed by atoms with Crippen LogP contribution in [-0.4, -0.2) is 49.4 Å². The number of carbonyl (C=O) groups is 2. The number of nitrogens with zero attached hydrogens (tertiary/aromatic N) is 2. The highest BCUT2D eigenvalue weighted by atomic mass is 35.5. The summed E-state index contributed by atoms with van der Waals surface area (Å²) in [6.07, 6.45) is 2.18. The zero-order chi connectivity index (χ0) is 25.8. The Hall–Kier alpha value is -3.38. The van der Waals surface area contributed by atoms with E-state index in [2.05, 4.69) is 34.5 Å². The van der Waals surface area contributed by atoms with E-state index in [1.807, 2.05) is 30.3 Å². The Kier molecular flexibility index (Phi) is 7.75. The van der Waals surface area contributed by atoms with Crippen molar-refractivity contribution in [2.75, 3.05) is 37.6 Å². The van der Waals surface area contributed by atoms with E-state index in [4.69, 9.17) is 11.6 Å². The molecular formula is C30H31ClFN3O2. The van der Waals surface area contributed by atoms with Crippen molar-refractivity contribution in [3.63, 3.8) is 0 Å². The van der Waals surface area contributed by atoms with Gasteiger partial charge in [0.15, 0.2) is 0 Å². The number of amides is 2. The molecule has 2 unspecified atom stereocenters. The van der Waals surface area contributed by atoms with E-state index in [9.17, 15) is 14.0 Å². The summed E-state index contributed by atoms with van der Waals surface area (Å²) in [4.78, 5) is 29.2. The van der Waals surface area contributed by atoms with Crippen molar-refractivity contribution in [1.29, 1.82) is 0 Å². The Morgan fingerprint density at radius 2 is 1.59 bits per heavy atom. The fourth-order valence-electron chi connectivity index (χ4n) is 5.50. The number of benzene rings is 3. The molecule has 7 heteroatoms. The summed E-state index contributed by atoms with van der Waals surface area (Å²) in [6, 6.07) is 22.7. The average molecular weight is 520 g/mol. The first-order chi connectivity index (χ1) is 18.0. The summed E-state index contributed by atoms with van der Waals surface area (Å²) in [5, 5.41) is 3.18. The number of anilines is 1. The first-order valence-electron chi connectivity index (χ1n) is 12.9. The minimum atomic E-state index is -0.566. The number of likely N-dealkylation sites (tertiary alicyclic amines) is 1. The summed E-state index contributed by atoms with van der Waals surface area (Å²) in [6.45, 7) is 3.64. The van der Waals surface area contributed by atoms with Crippen LogP contribution in [0.3, 0.4) is 0 Å². The molecule has 3 aromatic carbocycles. The van der Waals surface area contributed by atoms with Gasteiger partial charge in [-0.2, -0.15) is 0 Å². The summed E-state index contributed by atoms with van der Waals surface area (Å²) in [7, 11) is 0. The number of nitrogens with one attached hydrogen (secondary N) is 1. The summed E-state index contributed by atoms with van der Waals surface area (Å²) in [5.41, 5.74) is 3.43. The zero-order valence-corrected chi connectivity index (χ0v) is 21.5. The van der Waals surface area contributed by atoms with Crippen LogP contribution in [0.1, 0.15) is 27.9 Å². The second-order valence-corrected chi connectivity index (χ2v) is 10.4. The highest BCUT2D eigenvalue weighted by molar-refractivity contribution is 6.33. The first kappa shape index (κ1) is 25.3. The van der Waals surface area contributed by atoms with Gasteiger partial charge in [0.25, 0.3) is 5.91 Å². The Morgan fingerprint density at radius 1 is 0.892 bits per heavy atom. The van der Waals surface area contributed by atoms with E-state index in [1.165, 1.54) is 23.4 Å². The van der Waals surface area contributed by atoms with Gasteiger partial charge < -0.3 is 15.1 Å². The molecule has 37 heavy (non-hydrogen) atoms. The second kappa shape index (κ2) is 11.3. The van der Waals surface area contributed by atoms with Crippen LogP contribution in [-0.2, 0) is 17.6 Å². The van der Waals surface area contributed by atoms with Gasteiger partial charge in [0.05, 0.1) is 17.0 Å². The molecule has 2 atom stereocenters. The lowest BCUT2D eigenvalue weighted by Gasteiger charge is -2.24. The minimum absolute atomic E-state index is 0.0232. The van der Waals surface area contributed by atoms with Gasteiger partial charge >= 0.3 is 0 Å². The third kappa shape index (κ3) is 5.96. The third-order valence-electron chi connectivity index (χ3n) is 7.40. The van der Waals surface area contributed by atoms with Gasteiger partial charge in [0, 0.05) is 50.2 Å². The SMILES string of the molecule is O=C(Cc1ccccc1)NCCCc1cccc(N2CC3CN(C(=O)c4c(F)cccc4Cl)CC3C2)c1. The number of carbonyl (C=O) groups excluding carboxylic acids is 2. The monoisotopic (exact) mass is 519 g/mol. The summed E-state index contributed by atoms with van der Waals surface area (Å²) < 4.78 is 14.2. The molecule has 0 saturated carbocycles. The van der Waals surface area contributed by atoms with Gasteiger partial charge in [-0.1, -0.05) is 60.1 Å². The number of fused-ring (bicyclic) bond motifs is 1. The first-order valence-corrected chi connectivity index (χ1v) is 13.2. The summed E-state index contributed by atoms with van der Waals surface area (Å²) in [5.74, 6) is -0.116. The van der Waals surface area contributed by atoms with Crippen LogP contribution in [0.2, 0.25) is 5.02 Å². The molecule has 0 spiro atoms. The molecule has 2 aliphatic rings. The van der Waals surface area contributed by atoms with Crippen LogP contribution in [0.4, 0.5) is 10.1 Å². The quantitative estimate of drug-likeness (QED) is 0.427. The van der Waals surface area contributed by atoms with Crippen LogP contribution in [0.5, 0.6) is 0 Å². The third-order valence-corrected chi connectivity index (χ3v) is 7.71. The normalized spacial score (nSPS) is 18.6. The molecule has 1 N–H and O–H groups in total. The molecule has 5 nitrogen and oxygen atoms in total. The number of rotatable bonds is 8. The molecule has 3 aromatic rings. The Balaban J connectivity index is 1.10. The van der Waals surface area contributed by atoms with Crippen LogP contribution in [0.15, 0.2) is 72.8 Å². The molecule has 5 rings (SSSR count). The van der Waals surface area contributed by atoms with Crippen molar-refractivity contribution in [2.24, 2.45) is 11.8 Å². The molecule has 192 valence electrons. The molecule has 0 aliphatic carbocycles. The summed E-state index contributed by atoms with van der Waals surface area (Å²) >= 11 is 6.12. The number of aryl methyl sites for hydroxylation is 1. The largest absolute Gasteiger partial charge is 0.371 e. The predicted molar refractivity (Wildman–Crippen MR) is 144 cm³/mol. The van der Waals surface area contributed by atoms with E-state index >= 15 is 0 Å². The Bertz CT molecular complexity index is 1230. The van der Waals surface area contributed by atoms with Crippen molar-refractivity contribution >= 4 is 29.1 Å². The van der Waals surface area contributed by atoms with Crippen molar-refractivity contribution in [1.82, 2.24) is 10.2 Å². The van der Waals surface area contributed by atoms with Gasteiger partial charge in [-0.15, -0.1) is 0 Å². The fraction of sp³-hybridized carbons (Fsp3) is 0.333. The van der Waals surface area contributed by atoms with E-state index in [0.29, 0.717) is 37.9 Å². The van der Waals surface area contributed by atoms with Gasteiger partial charge in [-0.3, -0.25) is 9.59 Å². The lowest BCUT2D eigenvalue weighted by Crippen LogP contribution is -2.34. The van der Waals surface area contributed by atoms with E-state index < -0.39 is 5.82 Å². The number of halogens is 2. The number of hydrogen-bond acceptors (Lipinski definition) is 3. The molecule has 0 bridgehead atoms. The van der Waals surface area contributed by atoms with Gasteiger partial charge in [-0.05, 0) is 48.2 Å². The van der Waals surface area contributed by atoms with Crippen molar-refractivity contribution < 1.29 is 14.0 Å². The average Bonchev–Trinajstić information content (AvgIpc) is 3.47. The van der Waals surface area contributed by atoms with Gasteiger partial charge in [0.2, 0.25) is 5.91 Å². The maximum atomic E-state index is 14.2. The Labute approximate surface area is 222 Å². The highest BCUT2D eigenvalue weighted by Gasteiger charge is 2.42. The molecule has 2 amide bonds. The molecule has 2 fully saturated rings. The molecular weight excluding hydrogens is 489 g/mol. The smallest absolute Gasteiger partial charge is 0.258 e. The minimum Gasteiger partial charge on any atom is -0.371 e. The fourth-order valence-corrected chi connectivity index (χ4v) is 5.75. The van der Waals surface area contributed by atoms with Crippen molar-refractivity contribution in [3.05, 3.63) is 100 Å². The van der Waals surface area contributed by atoms with Gasteiger partial charge in [0.1, 0.15) is 5.82 Å². The maximum absolute atomic E-state index is 14.2. The Morgan fingerprint density at radius 3 is 2.32 bits per heavy atom. The van der Waals surface area contributed by atoms with Crippen LogP contribution in [0, 0.1) is 17.7 Å². The van der Waals surface area contributed by atoms with E-state index in [1.54, 1.807) is 11.0 Å². The van der Waals surface area contributed by atoms with Crippen molar-refractivity contribution in [2.45, 2.75) is 19.3 Å². The van der Waals surface area contributed by atoms with Crippen LogP contribution < -0.4 is 10.2 Å². The number of hydrogen-bond donors (Lipinski definition) is 1. The van der Waals surface area contributed by atoms with Crippen LogP contribution >= 0.6 is 11.6 Å². The second-order valence-electron chi connectivity index (χ2n) is 10.0. The predicted octanol–water partition coefficient (Wildman–Crippen LogP) is 4.98. The van der Waals surface area contributed by atoms with Crippen molar-refractivity contribution in [3.8, 4) is 0 Å². The molecule has 2 heterocycles. The lowest BCUT2D eigenvalue weighted by molar-refractivity contribution is -0.120. The standard InChI is InChI=1S/C30H31ClFN3O2/c31-26-12-5-13-27(32)29(26)30(37)35-19-23-17-34(18-24(23)20-35)25-11-4-9-21(15-25)10-6-14-33-28(36)16-22-7-2-1-3-8-22/h1-5,7-9,11-13,15,23-24H,6,10,14,16-20H2,(H,33,36). The van der Waals surface area contributed by atoms with Gasteiger partial charge in [-0.25, -0.2) is 4.39 Å². The highest BCUT2D eigenvalue weighted by Crippen LogP contribution is 2.35. The molecule has 2 saturated heterocycles.